The van der Waals surface area contributed by atoms with Gasteiger partial charge in [0.05, 0.1) is 9.92 Å². The van der Waals surface area contributed by atoms with E-state index in [0.717, 1.165) is 12.2 Å². The van der Waals surface area contributed by atoms with Gasteiger partial charge in [-0.05, 0) is 37.4 Å². The number of halogens is 2. The first-order valence-electron chi connectivity index (χ1n) is 5.41. The van der Waals surface area contributed by atoms with Crippen LogP contribution in [0.2, 0.25) is 5.02 Å². The first-order chi connectivity index (χ1) is 9.35. The maximum atomic E-state index is 13.4. The lowest BCUT2D eigenvalue weighted by molar-refractivity contribution is 0.419. The molecule has 1 aromatic carbocycles. The molecule has 0 unspecified atom stereocenters. The molecule has 0 aliphatic heterocycles. The summed E-state index contributed by atoms with van der Waals surface area (Å²) in [7, 11) is -2.32. The molecule has 0 fully saturated rings. The van der Waals surface area contributed by atoms with Crippen molar-refractivity contribution in [2.75, 3.05) is 7.05 Å². The number of sulfonamides is 1. The lowest BCUT2D eigenvalue weighted by Crippen LogP contribution is -2.18. The molecule has 0 atom stereocenters. The van der Waals surface area contributed by atoms with Crippen molar-refractivity contribution in [3.05, 3.63) is 60.1 Å². The summed E-state index contributed by atoms with van der Waals surface area (Å²) < 4.78 is 43.9. The minimum absolute atomic E-state index is 0.0225. The van der Waals surface area contributed by atoms with E-state index >= 15 is 0 Å². The van der Waals surface area contributed by atoms with Crippen LogP contribution in [0.1, 0.15) is 0 Å². The van der Waals surface area contributed by atoms with Crippen molar-refractivity contribution in [2.24, 2.45) is 0 Å². The quantitative estimate of drug-likeness (QED) is 0.647. The van der Waals surface area contributed by atoms with Crippen molar-refractivity contribution in [3.63, 3.8) is 0 Å². The molecule has 0 aliphatic carbocycles. The third-order valence-corrected chi connectivity index (χ3v) is 4.01. The summed E-state index contributed by atoms with van der Waals surface area (Å²) in [6.07, 6.45) is 2.12. The van der Waals surface area contributed by atoms with E-state index in [-0.39, 0.29) is 21.4 Å². The lowest BCUT2D eigenvalue weighted by atomic mass is 10.3. The van der Waals surface area contributed by atoms with Gasteiger partial charge in [0.15, 0.2) is 11.6 Å². The smallest absolute Gasteiger partial charge is 0.240 e. The van der Waals surface area contributed by atoms with Crippen molar-refractivity contribution in [2.45, 2.75) is 4.90 Å². The standard InChI is InChI=1S/C13H13ClFNO3S/c1-4-11(15)12(5-2)19-13-7-6-9(8-10(13)14)20(17,18)16-3/h4-8,16H,1-2H2,3H3/b12-11-. The number of hydrogen-bond acceptors (Lipinski definition) is 3. The van der Waals surface area contributed by atoms with Gasteiger partial charge in [0.2, 0.25) is 10.0 Å². The van der Waals surface area contributed by atoms with Gasteiger partial charge >= 0.3 is 0 Å². The summed E-state index contributed by atoms with van der Waals surface area (Å²) in [5.41, 5.74) is 0. The zero-order chi connectivity index (χ0) is 15.3. The van der Waals surface area contributed by atoms with Crippen LogP contribution in [-0.4, -0.2) is 15.5 Å². The first kappa shape index (κ1) is 16.4. The molecule has 0 aliphatic rings. The molecule has 7 heteroatoms. The second-order valence-corrected chi connectivity index (χ2v) is 5.82. The Balaban J connectivity index is 3.19. The highest BCUT2D eigenvalue weighted by Gasteiger charge is 2.15. The highest BCUT2D eigenvalue weighted by Crippen LogP contribution is 2.29. The molecule has 0 spiro atoms. The van der Waals surface area contributed by atoms with Crippen molar-refractivity contribution in [3.8, 4) is 5.75 Å². The van der Waals surface area contributed by atoms with E-state index in [9.17, 15) is 12.8 Å². The second-order valence-electron chi connectivity index (χ2n) is 3.52. The Hall–Kier alpha value is -1.63. The zero-order valence-electron chi connectivity index (χ0n) is 10.7. The van der Waals surface area contributed by atoms with Crippen LogP contribution in [0.5, 0.6) is 5.75 Å². The molecule has 0 bridgehead atoms. The lowest BCUT2D eigenvalue weighted by Gasteiger charge is -2.10. The Kier molecular flexibility index (Phi) is 5.50. The second kappa shape index (κ2) is 6.69. The van der Waals surface area contributed by atoms with Crippen LogP contribution in [0.3, 0.4) is 0 Å². The molecule has 0 amide bonds. The van der Waals surface area contributed by atoms with Gasteiger partial charge in [-0.25, -0.2) is 17.5 Å². The highest BCUT2D eigenvalue weighted by atomic mass is 35.5. The number of hydrogen-bond donors (Lipinski definition) is 1. The molecular formula is C13H13ClFNO3S. The predicted octanol–water partition coefficient (Wildman–Crippen LogP) is 3.18. The Bertz CT molecular complexity index is 668. The fourth-order valence-electron chi connectivity index (χ4n) is 1.26. The van der Waals surface area contributed by atoms with E-state index in [1.54, 1.807) is 0 Å². The SMILES string of the molecule is C=C/C(F)=C(\C=C)Oc1ccc(S(=O)(=O)NC)cc1Cl. The van der Waals surface area contributed by atoms with Crippen LogP contribution in [0.25, 0.3) is 0 Å². The molecule has 0 radical (unpaired) electrons. The number of rotatable bonds is 6. The van der Waals surface area contributed by atoms with Gasteiger partial charge in [-0.1, -0.05) is 24.8 Å². The molecule has 1 aromatic rings. The molecular weight excluding hydrogens is 305 g/mol. The van der Waals surface area contributed by atoms with Crippen LogP contribution in [0.15, 0.2) is 60.0 Å². The number of ether oxygens (including phenoxy) is 1. The molecule has 4 nitrogen and oxygen atoms in total. The molecule has 1 N–H and O–H groups in total. The van der Waals surface area contributed by atoms with Gasteiger partial charge in [0.1, 0.15) is 5.75 Å². The average Bonchev–Trinajstić information content (AvgIpc) is 2.45. The largest absolute Gasteiger partial charge is 0.453 e. The van der Waals surface area contributed by atoms with E-state index in [1.807, 2.05) is 0 Å². The zero-order valence-corrected chi connectivity index (χ0v) is 12.3. The number of nitrogens with one attached hydrogen (secondary N) is 1. The summed E-state index contributed by atoms with van der Waals surface area (Å²) in [5.74, 6) is -0.761. The minimum atomic E-state index is -3.60. The van der Waals surface area contributed by atoms with Gasteiger partial charge in [-0.3, -0.25) is 0 Å². The van der Waals surface area contributed by atoms with Crippen LogP contribution in [0, 0.1) is 0 Å². The maximum Gasteiger partial charge on any atom is 0.240 e. The maximum absolute atomic E-state index is 13.4. The Morgan fingerprint density at radius 1 is 1.40 bits per heavy atom. The number of benzene rings is 1. The molecule has 0 saturated heterocycles. The van der Waals surface area contributed by atoms with Crippen LogP contribution >= 0.6 is 11.6 Å². The molecule has 20 heavy (non-hydrogen) atoms. The normalized spacial score (nSPS) is 12.6. The Morgan fingerprint density at radius 2 is 2.05 bits per heavy atom. The van der Waals surface area contributed by atoms with Crippen molar-refractivity contribution >= 4 is 21.6 Å². The van der Waals surface area contributed by atoms with Gasteiger partial charge < -0.3 is 4.74 Å². The topological polar surface area (TPSA) is 55.4 Å². The van der Waals surface area contributed by atoms with E-state index < -0.39 is 15.9 Å². The summed E-state index contributed by atoms with van der Waals surface area (Å²) in [5, 5.41) is 0.0255. The van der Waals surface area contributed by atoms with Gasteiger partial charge in [0.25, 0.3) is 0 Å². The third kappa shape index (κ3) is 3.69. The van der Waals surface area contributed by atoms with Crippen molar-refractivity contribution < 1.29 is 17.5 Å². The van der Waals surface area contributed by atoms with E-state index in [2.05, 4.69) is 17.9 Å². The van der Waals surface area contributed by atoms with Gasteiger partial charge in [-0.2, -0.15) is 0 Å². The monoisotopic (exact) mass is 317 g/mol. The fraction of sp³-hybridized carbons (Fsp3) is 0.0769. The van der Waals surface area contributed by atoms with E-state index in [0.29, 0.717) is 0 Å². The Labute approximate surface area is 122 Å². The van der Waals surface area contributed by atoms with Gasteiger partial charge in [-0.15, -0.1) is 0 Å². The van der Waals surface area contributed by atoms with Crippen molar-refractivity contribution in [1.29, 1.82) is 0 Å². The van der Waals surface area contributed by atoms with Crippen molar-refractivity contribution in [1.82, 2.24) is 4.72 Å². The average molecular weight is 318 g/mol. The summed E-state index contributed by atoms with van der Waals surface area (Å²) >= 11 is 5.92. The van der Waals surface area contributed by atoms with Gasteiger partial charge in [0, 0.05) is 0 Å². The molecule has 108 valence electrons. The summed E-state index contributed by atoms with van der Waals surface area (Å²) in [6.45, 7) is 6.68. The van der Waals surface area contributed by atoms with E-state index in [1.165, 1.54) is 25.2 Å². The third-order valence-electron chi connectivity index (χ3n) is 2.30. The first-order valence-corrected chi connectivity index (χ1v) is 7.27. The molecule has 1 rings (SSSR count). The molecule has 0 saturated carbocycles. The molecule has 0 aromatic heterocycles. The van der Waals surface area contributed by atoms with Crippen LogP contribution < -0.4 is 9.46 Å². The van der Waals surface area contributed by atoms with Crippen LogP contribution in [-0.2, 0) is 10.0 Å². The fourth-order valence-corrected chi connectivity index (χ4v) is 2.30. The summed E-state index contributed by atoms with van der Waals surface area (Å²) in [4.78, 5) is -0.0225. The minimum Gasteiger partial charge on any atom is -0.453 e. The predicted molar refractivity (Wildman–Crippen MR) is 76.9 cm³/mol. The number of allylic oxidation sites excluding steroid dienone is 3. The Morgan fingerprint density at radius 3 is 2.50 bits per heavy atom. The summed E-state index contributed by atoms with van der Waals surface area (Å²) in [6, 6.07) is 3.82. The molecule has 0 heterocycles. The van der Waals surface area contributed by atoms with E-state index in [4.69, 9.17) is 16.3 Å². The highest BCUT2D eigenvalue weighted by molar-refractivity contribution is 7.89. The van der Waals surface area contributed by atoms with Crippen LogP contribution in [0.4, 0.5) is 4.39 Å².